The van der Waals surface area contributed by atoms with Crippen LogP contribution in [0.15, 0.2) is 20.4 Å². The first-order chi connectivity index (χ1) is 9.02. The molecule has 0 saturated carbocycles. The van der Waals surface area contributed by atoms with Crippen LogP contribution in [0.5, 0.6) is 0 Å². The van der Waals surface area contributed by atoms with E-state index in [0.29, 0.717) is 23.7 Å². The second-order valence-corrected chi connectivity index (χ2v) is 7.37. The van der Waals surface area contributed by atoms with Crippen LogP contribution in [0, 0.1) is 5.92 Å². The Morgan fingerprint density at radius 1 is 1.32 bits per heavy atom. The average molecular weight is 344 g/mol. The van der Waals surface area contributed by atoms with Gasteiger partial charge >= 0.3 is 0 Å². The maximum absolute atomic E-state index is 5.46. The Kier molecular flexibility index (Phi) is 4.76. The lowest BCUT2D eigenvalue weighted by Crippen LogP contribution is -2.32. The van der Waals surface area contributed by atoms with Crippen molar-refractivity contribution in [3.05, 3.63) is 21.8 Å². The predicted octanol–water partition coefficient (Wildman–Crippen LogP) is 3.91. The first-order valence-corrected chi connectivity index (χ1v) is 7.90. The highest BCUT2D eigenvalue weighted by Gasteiger charge is 2.27. The minimum atomic E-state index is 0.217. The van der Waals surface area contributed by atoms with Gasteiger partial charge in [-0.05, 0) is 48.0 Å². The van der Waals surface area contributed by atoms with Crippen LogP contribution in [0.1, 0.15) is 32.6 Å². The highest BCUT2D eigenvalue weighted by Crippen LogP contribution is 2.32. The summed E-state index contributed by atoms with van der Waals surface area (Å²) in [6, 6.07) is 4.28. The fraction of sp³-hybridized carbons (Fsp3) is 0.538. The van der Waals surface area contributed by atoms with Crippen molar-refractivity contribution >= 4 is 27.3 Å². The summed E-state index contributed by atoms with van der Waals surface area (Å²) < 4.78 is 6.53. The molecule has 0 spiro atoms. The van der Waals surface area contributed by atoms with E-state index in [1.165, 1.54) is 0 Å². The van der Waals surface area contributed by atoms with Gasteiger partial charge in [-0.15, -0.1) is 11.3 Å². The van der Waals surface area contributed by atoms with E-state index in [2.05, 4.69) is 52.2 Å². The molecule has 0 aliphatic heterocycles. The molecule has 2 aromatic rings. The Morgan fingerprint density at radius 2 is 2.05 bits per heavy atom. The molecule has 0 radical (unpaired) electrons. The zero-order chi connectivity index (χ0) is 14.0. The normalized spacial score (nSPS) is 14.8. The molecule has 4 nitrogen and oxygen atoms in total. The Bertz CT molecular complexity index is 537. The van der Waals surface area contributed by atoms with Crippen molar-refractivity contribution < 1.29 is 4.52 Å². The van der Waals surface area contributed by atoms with Gasteiger partial charge in [0.25, 0.3) is 0 Å². The van der Waals surface area contributed by atoms with Gasteiger partial charge in [0.05, 0.1) is 14.6 Å². The number of nitrogens with zero attached hydrogens (tertiary/aromatic N) is 2. The highest BCUT2D eigenvalue weighted by atomic mass is 79.9. The van der Waals surface area contributed by atoms with Crippen molar-refractivity contribution in [3.63, 3.8) is 0 Å². The van der Waals surface area contributed by atoms with Crippen LogP contribution in [-0.4, -0.2) is 23.2 Å². The molecule has 0 aliphatic carbocycles. The lowest BCUT2D eigenvalue weighted by atomic mass is 9.89. The quantitative estimate of drug-likeness (QED) is 0.894. The van der Waals surface area contributed by atoms with Crippen molar-refractivity contribution in [2.75, 3.05) is 7.05 Å². The lowest BCUT2D eigenvalue weighted by Gasteiger charge is -2.23. The molecule has 104 valence electrons. The molecular formula is C13H18BrN3OS. The third kappa shape index (κ3) is 3.24. The zero-order valence-electron chi connectivity index (χ0n) is 11.5. The van der Waals surface area contributed by atoms with Crippen LogP contribution < -0.4 is 5.32 Å². The van der Waals surface area contributed by atoms with Gasteiger partial charge in [-0.1, -0.05) is 19.0 Å². The number of likely N-dealkylation sites (N-methyl/N-ethyl adjacent to an activating group) is 1. The fourth-order valence-electron chi connectivity index (χ4n) is 2.16. The Morgan fingerprint density at radius 3 is 2.58 bits per heavy atom. The smallest absolute Gasteiger partial charge is 0.231 e. The van der Waals surface area contributed by atoms with Crippen molar-refractivity contribution in [2.45, 2.75) is 32.7 Å². The summed E-state index contributed by atoms with van der Waals surface area (Å²) in [7, 11) is 1.95. The molecule has 2 heterocycles. The molecule has 0 aliphatic rings. The number of nitrogens with one attached hydrogen (secondary N) is 1. The van der Waals surface area contributed by atoms with Crippen molar-refractivity contribution in [3.8, 4) is 10.7 Å². The van der Waals surface area contributed by atoms with E-state index in [4.69, 9.17) is 4.52 Å². The van der Waals surface area contributed by atoms with Gasteiger partial charge in [-0.2, -0.15) is 4.98 Å². The molecule has 0 amide bonds. The zero-order valence-corrected chi connectivity index (χ0v) is 13.9. The van der Waals surface area contributed by atoms with E-state index in [0.717, 1.165) is 8.66 Å². The molecule has 0 fully saturated rings. The third-order valence-electron chi connectivity index (χ3n) is 3.23. The number of hydrogen-bond acceptors (Lipinski definition) is 5. The lowest BCUT2D eigenvalue weighted by molar-refractivity contribution is 0.286. The van der Waals surface area contributed by atoms with E-state index in [1.807, 2.05) is 19.2 Å². The number of aromatic nitrogens is 2. The molecule has 2 rings (SSSR count). The maximum atomic E-state index is 5.46. The second kappa shape index (κ2) is 6.15. The van der Waals surface area contributed by atoms with Gasteiger partial charge < -0.3 is 9.84 Å². The van der Waals surface area contributed by atoms with Crippen LogP contribution in [0.3, 0.4) is 0 Å². The number of halogens is 1. The molecule has 2 unspecified atom stereocenters. The molecule has 2 aromatic heterocycles. The largest absolute Gasteiger partial charge is 0.339 e. The van der Waals surface area contributed by atoms with Crippen molar-refractivity contribution in [1.82, 2.24) is 15.5 Å². The highest BCUT2D eigenvalue weighted by molar-refractivity contribution is 9.11. The standard InChI is InChI=1S/C13H18BrN3OS/c1-7(2)11(8(3)15-4)13-16-12(17-18-13)9-5-6-10(14)19-9/h5-8,11,15H,1-4H3. The first-order valence-electron chi connectivity index (χ1n) is 6.29. The number of thiophene rings is 1. The Balaban J connectivity index is 2.28. The summed E-state index contributed by atoms with van der Waals surface area (Å²) >= 11 is 5.05. The Hall–Kier alpha value is -0.720. The summed E-state index contributed by atoms with van der Waals surface area (Å²) in [5.41, 5.74) is 0. The fourth-order valence-corrected chi connectivity index (χ4v) is 3.47. The van der Waals surface area contributed by atoms with Gasteiger partial charge in [0.15, 0.2) is 0 Å². The van der Waals surface area contributed by atoms with Gasteiger partial charge in [-0.25, -0.2) is 0 Å². The summed E-state index contributed by atoms with van der Waals surface area (Å²) in [5.74, 6) is 2.02. The van der Waals surface area contributed by atoms with Crippen LogP contribution in [0.25, 0.3) is 10.7 Å². The summed E-state index contributed by atoms with van der Waals surface area (Å²) in [4.78, 5) is 5.57. The molecule has 6 heteroatoms. The van der Waals surface area contributed by atoms with Crippen LogP contribution in [-0.2, 0) is 0 Å². The predicted molar refractivity (Wildman–Crippen MR) is 81.4 cm³/mol. The Labute approximate surface area is 125 Å². The molecule has 0 saturated heterocycles. The molecule has 19 heavy (non-hydrogen) atoms. The van der Waals surface area contributed by atoms with Gasteiger partial charge in [0.2, 0.25) is 11.7 Å². The third-order valence-corrected chi connectivity index (χ3v) is 4.85. The topological polar surface area (TPSA) is 51.0 Å². The molecule has 2 atom stereocenters. The number of hydrogen-bond donors (Lipinski definition) is 1. The van der Waals surface area contributed by atoms with Crippen molar-refractivity contribution in [2.24, 2.45) is 5.92 Å². The van der Waals surface area contributed by atoms with Crippen molar-refractivity contribution in [1.29, 1.82) is 0 Å². The van der Waals surface area contributed by atoms with Gasteiger partial charge in [0, 0.05) is 6.04 Å². The minimum absolute atomic E-state index is 0.217. The molecular weight excluding hydrogens is 326 g/mol. The molecule has 0 aromatic carbocycles. The first kappa shape index (κ1) is 14.7. The van der Waals surface area contributed by atoms with E-state index < -0.39 is 0 Å². The average Bonchev–Trinajstić information content (AvgIpc) is 2.97. The van der Waals surface area contributed by atoms with Crippen LogP contribution >= 0.6 is 27.3 Å². The van der Waals surface area contributed by atoms with Crippen LogP contribution in [0.4, 0.5) is 0 Å². The monoisotopic (exact) mass is 343 g/mol. The number of rotatable bonds is 5. The van der Waals surface area contributed by atoms with E-state index in [1.54, 1.807) is 11.3 Å². The minimum Gasteiger partial charge on any atom is -0.339 e. The van der Waals surface area contributed by atoms with E-state index in [-0.39, 0.29) is 5.92 Å². The van der Waals surface area contributed by atoms with E-state index in [9.17, 15) is 0 Å². The SMILES string of the molecule is CNC(C)C(c1nc(-c2ccc(Br)s2)no1)C(C)C. The summed E-state index contributed by atoms with van der Waals surface area (Å²) in [6.45, 7) is 6.48. The molecule has 0 bridgehead atoms. The van der Waals surface area contributed by atoms with Crippen LogP contribution in [0.2, 0.25) is 0 Å². The summed E-state index contributed by atoms with van der Waals surface area (Å²) in [6.07, 6.45) is 0. The second-order valence-electron chi connectivity index (χ2n) is 4.91. The maximum Gasteiger partial charge on any atom is 0.231 e. The van der Waals surface area contributed by atoms with E-state index >= 15 is 0 Å². The molecule has 1 N–H and O–H groups in total. The van der Waals surface area contributed by atoms with Gasteiger partial charge in [0.1, 0.15) is 0 Å². The van der Waals surface area contributed by atoms with Gasteiger partial charge in [-0.3, -0.25) is 0 Å². The summed E-state index contributed by atoms with van der Waals surface area (Å²) in [5, 5.41) is 7.36.